The maximum Gasteiger partial charge on any atom is 0.226 e. The standard InChI is InChI=1S/C16H20N4O4/c1-11-14(20-24-19-11)8-16(21)18-13-5-7-22-10-15(13)23-9-12-4-2-3-6-17-12/h2-4,6,13,15H,5,7-10H2,1H3,(H,18,21)/t13-,15-/m1/s1. The summed E-state index contributed by atoms with van der Waals surface area (Å²) in [5.74, 6) is -0.132. The molecule has 0 aliphatic carbocycles. The molecule has 8 heteroatoms. The lowest BCUT2D eigenvalue weighted by Crippen LogP contribution is -2.50. The molecule has 2 aromatic heterocycles. The number of aryl methyl sites for hydroxylation is 1. The first-order valence-corrected chi connectivity index (χ1v) is 7.89. The van der Waals surface area contributed by atoms with E-state index in [9.17, 15) is 4.79 Å². The van der Waals surface area contributed by atoms with Gasteiger partial charge in [0.2, 0.25) is 5.91 Å². The number of hydrogen-bond donors (Lipinski definition) is 1. The van der Waals surface area contributed by atoms with Crippen LogP contribution in [0, 0.1) is 6.92 Å². The Labute approximate surface area is 139 Å². The van der Waals surface area contributed by atoms with E-state index in [0.717, 1.165) is 5.69 Å². The summed E-state index contributed by atoms with van der Waals surface area (Å²) in [5, 5.41) is 10.4. The third-order valence-electron chi connectivity index (χ3n) is 3.90. The predicted octanol–water partition coefficient (Wildman–Crippen LogP) is 0.806. The minimum atomic E-state index is -0.207. The normalized spacial score (nSPS) is 20.7. The number of carbonyl (C=O) groups excluding carboxylic acids is 1. The van der Waals surface area contributed by atoms with Crippen LogP contribution in [-0.4, -0.2) is 46.6 Å². The molecule has 0 radical (unpaired) electrons. The molecule has 3 heterocycles. The zero-order valence-corrected chi connectivity index (χ0v) is 13.5. The van der Waals surface area contributed by atoms with Crippen LogP contribution in [0.2, 0.25) is 0 Å². The first-order chi connectivity index (χ1) is 11.7. The molecule has 0 aromatic carbocycles. The third kappa shape index (κ3) is 4.36. The fourth-order valence-corrected chi connectivity index (χ4v) is 2.54. The van der Waals surface area contributed by atoms with E-state index in [1.807, 2.05) is 18.2 Å². The molecule has 2 aromatic rings. The number of rotatable bonds is 6. The van der Waals surface area contributed by atoms with Crippen LogP contribution in [0.5, 0.6) is 0 Å². The van der Waals surface area contributed by atoms with Crippen molar-refractivity contribution in [1.29, 1.82) is 0 Å². The van der Waals surface area contributed by atoms with Crippen LogP contribution in [0.15, 0.2) is 29.0 Å². The molecule has 2 atom stereocenters. The molecule has 1 fully saturated rings. The number of amides is 1. The molecule has 0 spiro atoms. The second kappa shape index (κ2) is 7.98. The minimum absolute atomic E-state index is 0.102. The van der Waals surface area contributed by atoms with Gasteiger partial charge in [0, 0.05) is 12.8 Å². The highest BCUT2D eigenvalue weighted by Gasteiger charge is 2.28. The molecule has 1 saturated heterocycles. The van der Waals surface area contributed by atoms with Crippen LogP contribution in [0.3, 0.4) is 0 Å². The Morgan fingerprint density at radius 2 is 2.33 bits per heavy atom. The van der Waals surface area contributed by atoms with Crippen LogP contribution in [0.4, 0.5) is 0 Å². The SMILES string of the molecule is Cc1nonc1CC(=O)N[C@@H]1CCOC[C@H]1OCc1ccccn1. The van der Waals surface area contributed by atoms with Crippen LogP contribution in [-0.2, 0) is 27.3 Å². The second-order valence-electron chi connectivity index (χ2n) is 5.68. The van der Waals surface area contributed by atoms with Gasteiger partial charge in [-0.1, -0.05) is 16.4 Å². The zero-order chi connectivity index (χ0) is 16.8. The van der Waals surface area contributed by atoms with Gasteiger partial charge >= 0.3 is 0 Å². The molecule has 24 heavy (non-hydrogen) atoms. The number of hydrogen-bond acceptors (Lipinski definition) is 7. The summed E-state index contributed by atoms with van der Waals surface area (Å²) in [6, 6.07) is 5.57. The van der Waals surface area contributed by atoms with Crippen molar-refractivity contribution in [3.8, 4) is 0 Å². The first-order valence-electron chi connectivity index (χ1n) is 7.89. The van der Waals surface area contributed by atoms with Crippen LogP contribution >= 0.6 is 0 Å². The Bertz CT molecular complexity index is 661. The van der Waals surface area contributed by atoms with E-state index >= 15 is 0 Å². The van der Waals surface area contributed by atoms with Crippen LogP contribution in [0.25, 0.3) is 0 Å². The molecule has 0 unspecified atom stereocenters. The Morgan fingerprint density at radius 3 is 3.08 bits per heavy atom. The van der Waals surface area contributed by atoms with Crippen molar-refractivity contribution in [2.75, 3.05) is 13.2 Å². The Morgan fingerprint density at radius 1 is 1.42 bits per heavy atom. The minimum Gasteiger partial charge on any atom is -0.379 e. The average molecular weight is 332 g/mol. The summed E-state index contributed by atoms with van der Waals surface area (Å²) in [5.41, 5.74) is 2.02. The van der Waals surface area contributed by atoms with Gasteiger partial charge in [0.25, 0.3) is 0 Å². The molecule has 3 rings (SSSR count). The first kappa shape index (κ1) is 16.5. The number of ether oxygens (including phenoxy) is 2. The van der Waals surface area contributed by atoms with E-state index in [2.05, 4.69) is 25.2 Å². The monoisotopic (exact) mass is 332 g/mol. The van der Waals surface area contributed by atoms with Gasteiger partial charge in [0.15, 0.2) is 0 Å². The van der Waals surface area contributed by atoms with Gasteiger partial charge < -0.3 is 14.8 Å². The van der Waals surface area contributed by atoms with Gasteiger partial charge in [0.1, 0.15) is 17.5 Å². The van der Waals surface area contributed by atoms with Crippen molar-refractivity contribution in [3.05, 3.63) is 41.5 Å². The quantitative estimate of drug-likeness (QED) is 0.835. The highest BCUT2D eigenvalue weighted by Crippen LogP contribution is 2.14. The van der Waals surface area contributed by atoms with Crippen molar-refractivity contribution in [2.45, 2.75) is 38.5 Å². The molecule has 1 amide bonds. The van der Waals surface area contributed by atoms with Gasteiger partial charge in [-0.25, -0.2) is 4.63 Å². The number of carbonyl (C=O) groups is 1. The molecule has 0 bridgehead atoms. The van der Waals surface area contributed by atoms with Crippen LogP contribution < -0.4 is 5.32 Å². The second-order valence-corrected chi connectivity index (χ2v) is 5.68. The molecule has 1 N–H and O–H groups in total. The summed E-state index contributed by atoms with van der Waals surface area (Å²) in [6.07, 6.45) is 2.36. The lowest BCUT2D eigenvalue weighted by Gasteiger charge is -2.32. The molecule has 0 saturated carbocycles. The van der Waals surface area contributed by atoms with Gasteiger partial charge in [-0.15, -0.1) is 0 Å². The van der Waals surface area contributed by atoms with Gasteiger partial charge in [-0.3, -0.25) is 9.78 Å². The summed E-state index contributed by atoms with van der Waals surface area (Å²) in [6.45, 7) is 3.18. The van der Waals surface area contributed by atoms with E-state index in [1.165, 1.54) is 0 Å². The van der Waals surface area contributed by atoms with Gasteiger partial charge in [0.05, 0.1) is 31.4 Å². The zero-order valence-electron chi connectivity index (χ0n) is 13.5. The highest BCUT2D eigenvalue weighted by molar-refractivity contribution is 5.78. The lowest BCUT2D eigenvalue weighted by atomic mass is 10.1. The van der Waals surface area contributed by atoms with Crippen molar-refractivity contribution >= 4 is 5.91 Å². The van der Waals surface area contributed by atoms with Crippen LogP contribution in [0.1, 0.15) is 23.5 Å². The van der Waals surface area contributed by atoms with E-state index in [1.54, 1.807) is 13.1 Å². The molecule has 8 nitrogen and oxygen atoms in total. The largest absolute Gasteiger partial charge is 0.379 e. The molecular formula is C16H20N4O4. The lowest BCUT2D eigenvalue weighted by molar-refractivity contribution is -0.126. The molecule has 128 valence electrons. The van der Waals surface area contributed by atoms with E-state index < -0.39 is 0 Å². The Hall–Kier alpha value is -2.32. The maximum atomic E-state index is 12.2. The topological polar surface area (TPSA) is 99.4 Å². The van der Waals surface area contributed by atoms with Gasteiger partial charge in [-0.2, -0.15) is 0 Å². The molecular weight excluding hydrogens is 312 g/mol. The maximum absolute atomic E-state index is 12.2. The van der Waals surface area contributed by atoms with E-state index in [-0.39, 0.29) is 24.5 Å². The summed E-state index contributed by atoms with van der Waals surface area (Å²) in [4.78, 5) is 16.5. The third-order valence-corrected chi connectivity index (χ3v) is 3.90. The summed E-state index contributed by atoms with van der Waals surface area (Å²) < 4.78 is 16.0. The van der Waals surface area contributed by atoms with Gasteiger partial charge in [-0.05, 0) is 25.5 Å². The fourth-order valence-electron chi connectivity index (χ4n) is 2.54. The molecule has 1 aliphatic heterocycles. The Balaban J connectivity index is 1.54. The Kier molecular flexibility index (Phi) is 5.50. The van der Waals surface area contributed by atoms with Crippen molar-refractivity contribution in [3.63, 3.8) is 0 Å². The smallest absolute Gasteiger partial charge is 0.226 e. The van der Waals surface area contributed by atoms with Crippen molar-refractivity contribution in [1.82, 2.24) is 20.6 Å². The predicted molar refractivity (Wildman–Crippen MR) is 82.9 cm³/mol. The number of aromatic nitrogens is 3. The average Bonchev–Trinajstić information content (AvgIpc) is 3.00. The fraction of sp³-hybridized carbons (Fsp3) is 0.500. The molecule has 1 aliphatic rings. The van der Waals surface area contributed by atoms with Crippen molar-refractivity contribution in [2.24, 2.45) is 0 Å². The van der Waals surface area contributed by atoms with E-state index in [4.69, 9.17) is 9.47 Å². The van der Waals surface area contributed by atoms with E-state index in [0.29, 0.717) is 37.6 Å². The summed E-state index contributed by atoms with van der Waals surface area (Å²) >= 11 is 0. The number of pyridine rings is 1. The summed E-state index contributed by atoms with van der Waals surface area (Å²) in [7, 11) is 0. The number of nitrogens with one attached hydrogen (secondary N) is 1. The number of nitrogens with zero attached hydrogens (tertiary/aromatic N) is 3. The van der Waals surface area contributed by atoms with Crippen molar-refractivity contribution < 1.29 is 18.9 Å². The highest BCUT2D eigenvalue weighted by atomic mass is 16.6.